The van der Waals surface area contributed by atoms with Crippen LogP contribution in [0, 0.1) is 0 Å². The number of nitrogens with one attached hydrogen (secondary N) is 1. The summed E-state index contributed by atoms with van der Waals surface area (Å²) in [4.78, 5) is 11.7. The Morgan fingerprint density at radius 2 is 1.54 bits per heavy atom. The van der Waals surface area contributed by atoms with Crippen molar-refractivity contribution < 1.29 is 4.74 Å². The van der Waals surface area contributed by atoms with Crippen molar-refractivity contribution in [1.29, 1.82) is 0 Å². The van der Waals surface area contributed by atoms with Gasteiger partial charge in [0.2, 0.25) is 0 Å². The van der Waals surface area contributed by atoms with Gasteiger partial charge in [-0.05, 0) is 72.1 Å². The number of aryl methyl sites for hydroxylation is 2. The lowest BCUT2D eigenvalue weighted by Gasteiger charge is -2.56. The maximum atomic E-state index is 5.74. The minimum atomic E-state index is 0.652. The summed E-state index contributed by atoms with van der Waals surface area (Å²) in [6.07, 6.45) is 11.8. The van der Waals surface area contributed by atoms with E-state index in [1.165, 1.54) is 36.0 Å². The SMILES string of the molecule is c1cncc(-c2ccc(-c3[nH]nc4ncc(-c5ccc6c(c5)CC[C@@H](N5C7COCC5C7)CC6)cc34)cc2)c1. The summed E-state index contributed by atoms with van der Waals surface area (Å²) in [6.45, 7) is 1.84. The Morgan fingerprint density at radius 1 is 0.744 bits per heavy atom. The van der Waals surface area contributed by atoms with Crippen LogP contribution >= 0.6 is 0 Å². The molecule has 39 heavy (non-hydrogen) atoms. The first-order valence-electron chi connectivity index (χ1n) is 14.1. The minimum absolute atomic E-state index is 0.652. The summed E-state index contributed by atoms with van der Waals surface area (Å²) in [5.74, 6) is 0. The number of nitrogens with zero attached hydrogens (tertiary/aromatic N) is 4. The van der Waals surface area contributed by atoms with Crippen LogP contribution < -0.4 is 0 Å². The van der Waals surface area contributed by atoms with E-state index in [0.717, 1.165) is 65.0 Å². The van der Waals surface area contributed by atoms with Crippen LogP contribution in [0.2, 0.25) is 0 Å². The fourth-order valence-corrected chi connectivity index (χ4v) is 6.97. The lowest BCUT2D eigenvalue weighted by molar-refractivity contribution is -0.148. The van der Waals surface area contributed by atoms with Crippen molar-refractivity contribution in [2.24, 2.45) is 0 Å². The van der Waals surface area contributed by atoms with Gasteiger partial charge < -0.3 is 4.74 Å². The zero-order valence-electron chi connectivity index (χ0n) is 21.9. The summed E-state index contributed by atoms with van der Waals surface area (Å²) in [5, 5.41) is 8.77. The molecule has 1 N–H and O–H groups in total. The van der Waals surface area contributed by atoms with Gasteiger partial charge in [-0.1, -0.05) is 48.5 Å². The minimum Gasteiger partial charge on any atom is -0.378 e. The van der Waals surface area contributed by atoms with Crippen LogP contribution in [0.3, 0.4) is 0 Å². The molecule has 5 aromatic rings. The highest BCUT2D eigenvalue weighted by molar-refractivity contribution is 5.93. The van der Waals surface area contributed by atoms with Gasteiger partial charge in [-0.3, -0.25) is 15.0 Å². The molecule has 6 nitrogen and oxygen atoms in total. The number of pyridine rings is 2. The maximum absolute atomic E-state index is 5.74. The zero-order chi connectivity index (χ0) is 25.8. The van der Waals surface area contributed by atoms with Crippen LogP contribution in [0.25, 0.3) is 44.5 Å². The Bertz CT molecular complexity index is 1630. The van der Waals surface area contributed by atoms with Crippen LogP contribution in [0.15, 0.2) is 79.3 Å². The molecule has 0 spiro atoms. The van der Waals surface area contributed by atoms with Gasteiger partial charge in [0.15, 0.2) is 5.65 Å². The fraction of sp³-hybridized carbons (Fsp3) is 0.303. The number of hydrogen-bond donors (Lipinski definition) is 1. The number of hydrogen-bond acceptors (Lipinski definition) is 5. The monoisotopic (exact) mass is 513 g/mol. The lowest BCUT2D eigenvalue weighted by atomic mass is 9.87. The first kappa shape index (κ1) is 23.1. The van der Waals surface area contributed by atoms with E-state index in [9.17, 15) is 0 Å². The third-order valence-corrected chi connectivity index (χ3v) is 9.04. The summed E-state index contributed by atoms with van der Waals surface area (Å²) < 4.78 is 5.74. The van der Waals surface area contributed by atoms with E-state index >= 15 is 0 Å². The molecule has 6 heteroatoms. The summed E-state index contributed by atoms with van der Waals surface area (Å²) in [5.41, 5.74) is 10.5. The molecule has 2 fully saturated rings. The van der Waals surface area contributed by atoms with Gasteiger partial charge in [-0.25, -0.2) is 4.98 Å². The average Bonchev–Trinajstić information content (AvgIpc) is 3.32. The third kappa shape index (κ3) is 4.06. The molecule has 3 atom stereocenters. The average molecular weight is 514 g/mol. The quantitative estimate of drug-likeness (QED) is 0.295. The fourth-order valence-electron chi connectivity index (χ4n) is 6.97. The highest BCUT2D eigenvalue weighted by Gasteiger charge is 2.45. The first-order valence-corrected chi connectivity index (χ1v) is 14.1. The number of morpholine rings is 1. The Morgan fingerprint density at radius 3 is 2.33 bits per heavy atom. The van der Waals surface area contributed by atoms with Crippen molar-refractivity contribution in [3.05, 3.63) is 90.4 Å². The van der Waals surface area contributed by atoms with Crippen molar-refractivity contribution in [2.75, 3.05) is 13.2 Å². The topological polar surface area (TPSA) is 66.9 Å². The molecular weight excluding hydrogens is 482 g/mol. The Balaban J connectivity index is 1.06. The number of ether oxygens (including phenoxy) is 1. The van der Waals surface area contributed by atoms with E-state index in [2.05, 4.69) is 74.7 Å². The second-order valence-corrected chi connectivity index (χ2v) is 11.3. The van der Waals surface area contributed by atoms with Crippen LogP contribution in [-0.4, -0.2) is 56.4 Å². The Hall–Kier alpha value is -3.87. The van der Waals surface area contributed by atoms with Crippen LogP contribution in [0.5, 0.6) is 0 Å². The van der Waals surface area contributed by atoms with Crippen LogP contribution in [0.4, 0.5) is 0 Å². The predicted molar refractivity (Wildman–Crippen MR) is 153 cm³/mol. The highest BCUT2D eigenvalue weighted by atomic mass is 16.5. The van der Waals surface area contributed by atoms with Gasteiger partial charge in [-0.2, -0.15) is 5.10 Å². The van der Waals surface area contributed by atoms with E-state index in [1.54, 1.807) is 6.20 Å². The zero-order valence-corrected chi connectivity index (χ0v) is 21.9. The summed E-state index contributed by atoms with van der Waals surface area (Å²) in [6, 6.07) is 23.8. The van der Waals surface area contributed by atoms with Crippen LogP contribution in [-0.2, 0) is 17.6 Å². The second kappa shape index (κ2) is 9.40. The molecule has 3 aromatic heterocycles. The summed E-state index contributed by atoms with van der Waals surface area (Å²) in [7, 11) is 0. The van der Waals surface area contributed by atoms with Gasteiger partial charge in [0.1, 0.15) is 0 Å². The van der Waals surface area contributed by atoms with Gasteiger partial charge >= 0.3 is 0 Å². The molecule has 0 saturated carbocycles. The smallest absolute Gasteiger partial charge is 0.181 e. The van der Waals surface area contributed by atoms with Gasteiger partial charge in [-0.15, -0.1) is 0 Å². The standard InChI is InChI=1S/C33H31N5O/c1-2-26(17-34-13-1)22-3-6-23(7-4-22)32-31-15-27(18-35-33(31)37-36-32)25-8-5-21-9-11-28(12-10-24(21)14-25)38-29-16-30(38)20-39-19-29/h1-8,13-15,17-18,28-30H,9-12,16,19-20H2,(H,35,36,37)/t28-,29?,30?/m0/s1. The molecule has 2 aliphatic heterocycles. The van der Waals surface area contributed by atoms with Crippen LogP contribution in [0.1, 0.15) is 30.4 Å². The molecular formula is C33H31N5O. The molecule has 2 unspecified atom stereocenters. The number of aromatic amines is 1. The van der Waals surface area contributed by atoms with Crippen molar-refractivity contribution in [3.8, 4) is 33.5 Å². The van der Waals surface area contributed by atoms with E-state index in [0.29, 0.717) is 18.1 Å². The van der Waals surface area contributed by atoms with E-state index in [-0.39, 0.29) is 0 Å². The lowest BCUT2D eigenvalue weighted by Crippen LogP contribution is -2.66. The summed E-state index contributed by atoms with van der Waals surface area (Å²) >= 11 is 0. The first-order chi connectivity index (χ1) is 19.3. The number of fused-ring (bicyclic) bond motifs is 4. The van der Waals surface area contributed by atoms with Gasteiger partial charge in [0, 0.05) is 53.2 Å². The molecule has 0 radical (unpaired) electrons. The van der Waals surface area contributed by atoms with Gasteiger partial charge in [0.25, 0.3) is 0 Å². The third-order valence-electron chi connectivity index (χ3n) is 9.04. The number of benzene rings is 2. The molecule has 0 amide bonds. The Labute approximate surface area is 228 Å². The molecule has 3 aliphatic rings. The number of aromatic nitrogens is 4. The molecule has 1 aliphatic carbocycles. The predicted octanol–water partition coefficient (Wildman–Crippen LogP) is 6.07. The van der Waals surface area contributed by atoms with Gasteiger partial charge in [0.05, 0.1) is 18.9 Å². The molecule has 8 rings (SSSR count). The van der Waals surface area contributed by atoms with E-state index < -0.39 is 0 Å². The Kier molecular flexibility index (Phi) is 5.56. The van der Waals surface area contributed by atoms with E-state index in [1.807, 2.05) is 18.5 Å². The van der Waals surface area contributed by atoms with E-state index in [4.69, 9.17) is 9.72 Å². The second-order valence-electron chi connectivity index (χ2n) is 11.3. The van der Waals surface area contributed by atoms with Crippen molar-refractivity contribution in [1.82, 2.24) is 25.1 Å². The molecule has 2 aromatic carbocycles. The molecule has 5 heterocycles. The van der Waals surface area contributed by atoms with Crippen molar-refractivity contribution in [3.63, 3.8) is 0 Å². The van der Waals surface area contributed by atoms with Crippen molar-refractivity contribution in [2.45, 2.75) is 50.2 Å². The molecule has 2 saturated heterocycles. The molecule has 194 valence electrons. The number of rotatable bonds is 4. The normalized spacial score (nSPS) is 22.7. The van der Waals surface area contributed by atoms with Crippen molar-refractivity contribution >= 4 is 11.0 Å². The molecule has 2 bridgehead atoms. The maximum Gasteiger partial charge on any atom is 0.181 e. The number of H-pyrrole nitrogens is 1. The largest absolute Gasteiger partial charge is 0.378 e. The highest BCUT2D eigenvalue weighted by Crippen LogP contribution is 2.38.